The Labute approximate surface area is 151 Å². The number of fused-ring (bicyclic) bond motifs is 1. The van der Waals surface area contributed by atoms with E-state index in [1.54, 1.807) is 33.4 Å². The molecule has 0 atom stereocenters. The van der Waals surface area contributed by atoms with Crippen molar-refractivity contribution < 1.29 is 9.47 Å². The normalized spacial score (nSPS) is 10.4. The van der Waals surface area contributed by atoms with Gasteiger partial charge in [-0.25, -0.2) is 4.68 Å². The summed E-state index contributed by atoms with van der Waals surface area (Å²) >= 11 is 0. The number of hydrogen-bond donors (Lipinski definition) is 1. The predicted octanol–water partition coefficient (Wildman–Crippen LogP) is 2.55. The molecule has 6 nitrogen and oxygen atoms in total. The van der Waals surface area contributed by atoms with Gasteiger partial charge in [-0.2, -0.15) is 5.10 Å². The van der Waals surface area contributed by atoms with Crippen molar-refractivity contribution in [1.29, 1.82) is 0 Å². The highest BCUT2D eigenvalue weighted by molar-refractivity contribution is 5.87. The SMILES string of the molecule is COc1cc2c(Cc3cccc(N)c3)nn(C)c(=O)c2cc1OC.Cl. The van der Waals surface area contributed by atoms with Gasteiger partial charge in [-0.05, 0) is 29.8 Å². The monoisotopic (exact) mass is 361 g/mol. The first-order valence-electron chi connectivity index (χ1n) is 7.50. The number of nitrogens with zero attached hydrogens (tertiary/aromatic N) is 2. The summed E-state index contributed by atoms with van der Waals surface area (Å²) < 4.78 is 12.0. The Morgan fingerprint density at radius 3 is 2.32 bits per heavy atom. The van der Waals surface area contributed by atoms with E-state index in [1.807, 2.05) is 24.3 Å². The van der Waals surface area contributed by atoms with Crippen molar-refractivity contribution in [2.24, 2.45) is 7.05 Å². The topological polar surface area (TPSA) is 79.4 Å². The van der Waals surface area contributed by atoms with Gasteiger partial charge in [0.1, 0.15) is 0 Å². The van der Waals surface area contributed by atoms with E-state index in [-0.39, 0.29) is 18.0 Å². The van der Waals surface area contributed by atoms with Crippen molar-refractivity contribution in [3.05, 3.63) is 58.0 Å². The third kappa shape index (κ3) is 3.53. The molecule has 0 saturated heterocycles. The number of aryl methyl sites for hydroxylation is 1. The molecule has 3 aromatic rings. The number of aromatic nitrogens is 2. The second-order valence-corrected chi connectivity index (χ2v) is 5.55. The minimum Gasteiger partial charge on any atom is -0.493 e. The van der Waals surface area contributed by atoms with Gasteiger partial charge in [-0.3, -0.25) is 4.79 Å². The van der Waals surface area contributed by atoms with Crippen LogP contribution in [-0.4, -0.2) is 24.0 Å². The van der Waals surface area contributed by atoms with Crippen LogP contribution in [0.2, 0.25) is 0 Å². The second-order valence-electron chi connectivity index (χ2n) is 5.55. The first-order chi connectivity index (χ1) is 11.5. The average molecular weight is 362 g/mol. The molecular weight excluding hydrogens is 342 g/mol. The number of nitrogen functional groups attached to an aromatic ring is 1. The van der Waals surface area contributed by atoms with Crippen LogP contribution in [0, 0.1) is 0 Å². The molecule has 2 N–H and O–H groups in total. The van der Waals surface area contributed by atoms with Crippen LogP contribution in [0.4, 0.5) is 5.69 Å². The van der Waals surface area contributed by atoms with Crippen molar-refractivity contribution in [1.82, 2.24) is 9.78 Å². The van der Waals surface area contributed by atoms with Crippen LogP contribution in [0.1, 0.15) is 11.3 Å². The van der Waals surface area contributed by atoms with Crippen LogP contribution in [-0.2, 0) is 13.5 Å². The van der Waals surface area contributed by atoms with Crippen molar-refractivity contribution in [3.63, 3.8) is 0 Å². The van der Waals surface area contributed by atoms with E-state index in [9.17, 15) is 4.79 Å². The van der Waals surface area contributed by atoms with Gasteiger partial charge in [0.05, 0.1) is 25.3 Å². The molecule has 2 aromatic carbocycles. The molecule has 0 saturated carbocycles. The molecular formula is C18H20ClN3O3. The molecule has 7 heteroatoms. The highest BCUT2D eigenvalue weighted by atomic mass is 35.5. The Balaban J connectivity index is 0.00000225. The van der Waals surface area contributed by atoms with Crippen molar-refractivity contribution in [3.8, 4) is 11.5 Å². The van der Waals surface area contributed by atoms with Gasteiger partial charge in [0.25, 0.3) is 5.56 Å². The number of halogens is 1. The standard InChI is InChI=1S/C18H19N3O3.ClH/c1-21-18(22)14-10-17(24-3)16(23-2)9-13(14)15(20-21)8-11-5-4-6-12(19)7-11;/h4-7,9-10H,8,19H2,1-3H3;1H. The molecule has 3 rings (SSSR count). The number of anilines is 1. The fourth-order valence-electron chi connectivity index (χ4n) is 2.78. The molecule has 0 unspecified atom stereocenters. The van der Waals surface area contributed by atoms with Crippen molar-refractivity contribution >= 4 is 28.9 Å². The van der Waals surface area contributed by atoms with Gasteiger partial charge in [0, 0.05) is 24.5 Å². The molecule has 0 aliphatic rings. The van der Waals surface area contributed by atoms with Gasteiger partial charge in [-0.15, -0.1) is 12.4 Å². The Kier molecular flexibility index (Phi) is 5.54. The van der Waals surface area contributed by atoms with Crippen LogP contribution < -0.4 is 20.8 Å². The van der Waals surface area contributed by atoms with E-state index in [1.165, 1.54) is 4.68 Å². The lowest BCUT2D eigenvalue weighted by atomic mass is 10.0. The van der Waals surface area contributed by atoms with E-state index in [2.05, 4.69) is 5.10 Å². The summed E-state index contributed by atoms with van der Waals surface area (Å²) in [6.07, 6.45) is 0.561. The Hall–Kier alpha value is -2.73. The minimum absolute atomic E-state index is 0. The molecule has 0 amide bonds. The molecule has 0 aliphatic carbocycles. The summed E-state index contributed by atoms with van der Waals surface area (Å²) in [7, 11) is 4.75. The van der Waals surface area contributed by atoms with Crippen LogP contribution in [0.15, 0.2) is 41.2 Å². The van der Waals surface area contributed by atoms with E-state index in [0.29, 0.717) is 29.0 Å². The molecule has 1 heterocycles. The number of ether oxygens (including phenoxy) is 2. The van der Waals surface area contributed by atoms with Crippen LogP contribution in [0.3, 0.4) is 0 Å². The summed E-state index contributed by atoms with van der Waals surface area (Å²) in [4.78, 5) is 12.4. The molecule has 0 fully saturated rings. The van der Waals surface area contributed by atoms with E-state index in [4.69, 9.17) is 15.2 Å². The zero-order valence-corrected chi connectivity index (χ0v) is 15.1. The molecule has 0 aliphatic heterocycles. The molecule has 1 aromatic heterocycles. The number of benzene rings is 2. The molecule has 25 heavy (non-hydrogen) atoms. The van der Waals surface area contributed by atoms with Crippen molar-refractivity contribution in [2.75, 3.05) is 20.0 Å². The summed E-state index contributed by atoms with van der Waals surface area (Å²) in [5.41, 5.74) is 8.17. The lowest BCUT2D eigenvalue weighted by Gasteiger charge is -2.12. The second kappa shape index (κ2) is 7.44. The molecule has 0 radical (unpaired) electrons. The van der Waals surface area contributed by atoms with Gasteiger partial charge < -0.3 is 15.2 Å². The third-order valence-corrected chi connectivity index (χ3v) is 3.95. The minimum atomic E-state index is -0.178. The van der Waals surface area contributed by atoms with E-state index < -0.39 is 0 Å². The van der Waals surface area contributed by atoms with Crippen LogP contribution in [0.25, 0.3) is 10.8 Å². The number of rotatable bonds is 4. The summed E-state index contributed by atoms with van der Waals surface area (Å²) in [5.74, 6) is 1.08. The maximum absolute atomic E-state index is 12.4. The van der Waals surface area contributed by atoms with Crippen LogP contribution >= 0.6 is 12.4 Å². The summed E-state index contributed by atoms with van der Waals surface area (Å²) in [6.45, 7) is 0. The average Bonchev–Trinajstić information content (AvgIpc) is 2.58. The van der Waals surface area contributed by atoms with Gasteiger partial charge in [0.15, 0.2) is 11.5 Å². The zero-order chi connectivity index (χ0) is 17.3. The number of nitrogens with two attached hydrogens (primary N) is 1. The highest BCUT2D eigenvalue weighted by Gasteiger charge is 2.14. The van der Waals surface area contributed by atoms with Gasteiger partial charge >= 0.3 is 0 Å². The van der Waals surface area contributed by atoms with Crippen LogP contribution in [0.5, 0.6) is 11.5 Å². The van der Waals surface area contributed by atoms with Gasteiger partial charge in [-0.1, -0.05) is 12.1 Å². The smallest absolute Gasteiger partial charge is 0.274 e. The Morgan fingerprint density at radius 1 is 1.08 bits per heavy atom. The largest absolute Gasteiger partial charge is 0.493 e. The maximum Gasteiger partial charge on any atom is 0.274 e. The highest BCUT2D eigenvalue weighted by Crippen LogP contribution is 2.32. The first kappa shape index (κ1) is 18.6. The van der Waals surface area contributed by atoms with E-state index in [0.717, 1.165) is 16.6 Å². The van der Waals surface area contributed by atoms with Crippen molar-refractivity contribution in [2.45, 2.75) is 6.42 Å². The van der Waals surface area contributed by atoms with Gasteiger partial charge in [0.2, 0.25) is 0 Å². The lowest BCUT2D eigenvalue weighted by molar-refractivity contribution is 0.355. The summed E-state index contributed by atoms with van der Waals surface area (Å²) in [5, 5.41) is 5.72. The summed E-state index contributed by atoms with van der Waals surface area (Å²) in [6, 6.07) is 11.1. The van der Waals surface area contributed by atoms with E-state index >= 15 is 0 Å². The lowest BCUT2D eigenvalue weighted by Crippen LogP contribution is -2.21. The third-order valence-electron chi connectivity index (χ3n) is 3.95. The predicted molar refractivity (Wildman–Crippen MR) is 101 cm³/mol. The molecule has 0 bridgehead atoms. The molecule has 132 valence electrons. The maximum atomic E-state index is 12.4. The fraction of sp³-hybridized carbons (Fsp3) is 0.222. The number of hydrogen-bond acceptors (Lipinski definition) is 5. The quantitative estimate of drug-likeness (QED) is 0.722. The first-order valence-corrected chi connectivity index (χ1v) is 7.50. The molecule has 0 spiro atoms. The Morgan fingerprint density at radius 2 is 1.72 bits per heavy atom. The number of methoxy groups -OCH3 is 2. The Bertz CT molecular complexity index is 970. The zero-order valence-electron chi connectivity index (χ0n) is 14.3. The fourth-order valence-corrected chi connectivity index (χ4v) is 2.78.